The number of alkyl halides is 1. The molecule has 2 aromatic heterocycles. The van der Waals surface area contributed by atoms with Crippen LogP contribution in [0.1, 0.15) is 49.0 Å². The zero-order valence-electron chi connectivity index (χ0n) is 21.3. The summed E-state index contributed by atoms with van der Waals surface area (Å²) in [5.41, 5.74) is 1.47. The lowest BCUT2D eigenvalue weighted by atomic mass is 9.99. The molecule has 3 heterocycles. The number of anilines is 1. The van der Waals surface area contributed by atoms with Gasteiger partial charge in [0.05, 0.1) is 24.5 Å². The first-order chi connectivity index (χ1) is 17.6. The van der Waals surface area contributed by atoms with E-state index in [-0.39, 0.29) is 25.4 Å². The molecule has 1 aliphatic heterocycles. The Morgan fingerprint density at radius 1 is 1.16 bits per heavy atom. The highest BCUT2D eigenvalue weighted by Gasteiger charge is 2.40. The standard InChI is InChI=1S/C26H31F2N7O2/c1-16(2)19-10-11-20(29-25(19)28)24(17-8-6-5-7-9-17)30-26(37)21-12-18(27)13-35(21)23(36)15-34-14-22(31-32-34)33(3)4/h5-11,14,16,18,21,24H,12-13,15H2,1-4H3,(H,30,37). The number of carbonyl (C=O) groups is 2. The number of rotatable bonds is 8. The van der Waals surface area contributed by atoms with Gasteiger partial charge in [-0.15, -0.1) is 5.10 Å². The molecule has 0 saturated carbocycles. The monoisotopic (exact) mass is 511 g/mol. The maximum Gasteiger partial charge on any atom is 0.245 e. The second-order valence-corrected chi connectivity index (χ2v) is 9.69. The van der Waals surface area contributed by atoms with E-state index in [0.29, 0.717) is 22.6 Å². The van der Waals surface area contributed by atoms with Crippen molar-refractivity contribution >= 4 is 17.6 Å². The van der Waals surface area contributed by atoms with Crippen LogP contribution in [-0.2, 0) is 16.1 Å². The normalized spacial score (nSPS) is 18.2. The Balaban J connectivity index is 1.56. The van der Waals surface area contributed by atoms with E-state index in [0.717, 1.165) is 0 Å². The molecular formula is C26H31F2N7O2. The van der Waals surface area contributed by atoms with Gasteiger partial charge in [-0.2, -0.15) is 4.39 Å². The quantitative estimate of drug-likeness (QED) is 0.468. The molecule has 3 aromatic rings. The van der Waals surface area contributed by atoms with Crippen molar-refractivity contribution in [2.24, 2.45) is 0 Å². The van der Waals surface area contributed by atoms with Crippen molar-refractivity contribution in [2.45, 2.75) is 51.0 Å². The molecule has 1 saturated heterocycles. The molecule has 4 rings (SSSR count). The van der Waals surface area contributed by atoms with E-state index in [1.54, 1.807) is 61.6 Å². The Labute approximate surface area is 214 Å². The number of pyridine rings is 1. The fraction of sp³-hybridized carbons (Fsp3) is 0.423. The van der Waals surface area contributed by atoms with E-state index in [1.807, 2.05) is 19.9 Å². The van der Waals surface area contributed by atoms with Crippen LogP contribution < -0.4 is 10.2 Å². The number of nitrogens with one attached hydrogen (secondary N) is 1. The molecule has 0 radical (unpaired) electrons. The number of hydrogen-bond acceptors (Lipinski definition) is 6. The third kappa shape index (κ3) is 5.92. The van der Waals surface area contributed by atoms with Crippen LogP contribution in [0.15, 0.2) is 48.7 Å². The number of hydrogen-bond donors (Lipinski definition) is 1. The third-order valence-electron chi connectivity index (χ3n) is 6.39. The number of halogens is 2. The molecule has 2 amide bonds. The minimum atomic E-state index is -1.34. The fourth-order valence-electron chi connectivity index (χ4n) is 4.37. The maximum atomic E-state index is 14.8. The first-order valence-corrected chi connectivity index (χ1v) is 12.2. The number of carbonyl (C=O) groups excluding carboxylic acids is 2. The van der Waals surface area contributed by atoms with E-state index in [2.05, 4.69) is 20.6 Å². The zero-order valence-corrected chi connectivity index (χ0v) is 21.3. The first-order valence-electron chi connectivity index (χ1n) is 12.2. The van der Waals surface area contributed by atoms with Crippen LogP contribution in [0.5, 0.6) is 0 Å². The van der Waals surface area contributed by atoms with Crippen LogP contribution in [0.3, 0.4) is 0 Å². The Morgan fingerprint density at radius 2 is 1.89 bits per heavy atom. The van der Waals surface area contributed by atoms with Crippen LogP contribution in [0.4, 0.5) is 14.6 Å². The van der Waals surface area contributed by atoms with Crippen molar-refractivity contribution in [3.05, 3.63) is 71.4 Å². The summed E-state index contributed by atoms with van der Waals surface area (Å²) >= 11 is 0. The predicted octanol–water partition coefficient (Wildman–Crippen LogP) is 2.85. The van der Waals surface area contributed by atoms with Crippen molar-refractivity contribution in [3.8, 4) is 0 Å². The predicted molar refractivity (Wildman–Crippen MR) is 134 cm³/mol. The molecule has 1 N–H and O–H groups in total. The molecule has 3 unspecified atom stereocenters. The van der Waals surface area contributed by atoms with Crippen molar-refractivity contribution in [3.63, 3.8) is 0 Å². The molecule has 0 bridgehead atoms. The Kier molecular flexibility index (Phi) is 7.80. The highest BCUT2D eigenvalue weighted by atomic mass is 19.1. The van der Waals surface area contributed by atoms with E-state index < -0.39 is 36.0 Å². The highest BCUT2D eigenvalue weighted by Crippen LogP contribution is 2.27. The third-order valence-corrected chi connectivity index (χ3v) is 6.39. The van der Waals surface area contributed by atoms with Crippen LogP contribution in [0.25, 0.3) is 0 Å². The van der Waals surface area contributed by atoms with Crippen LogP contribution >= 0.6 is 0 Å². The lowest BCUT2D eigenvalue weighted by Gasteiger charge is -2.26. The molecular weight excluding hydrogens is 480 g/mol. The molecule has 37 heavy (non-hydrogen) atoms. The SMILES string of the molecule is CC(C)c1ccc(C(NC(=O)C2CC(F)CN2C(=O)Cn2cc(N(C)C)nn2)c2ccccc2)nc1F. The summed E-state index contributed by atoms with van der Waals surface area (Å²) in [4.78, 5) is 33.6. The molecule has 0 spiro atoms. The second-order valence-electron chi connectivity index (χ2n) is 9.69. The van der Waals surface area contributed by atoms with Gasteiger partial charge in [-0.3, -0.25) is 9.59 Å². The summed E-state index contributed by atoms with van der Waals surface area (Å²) in [7, 11) is 3.59. The van der Waals surface area contributed by atoms with Gasteiger partial charge in [-0.05, 0) is 17.5 Å². The van der Waals surface area contributed by atoms with Gasteiger partial charge in [0.1, 0.15) is 18.8 Å². The second kappa shape index (κ2) is 11.0. The molecule has 3 atom stereocenters. The number of amides is 2. The molecule has 196 valence electrons. The van der Waals surface area contributed by atoms with Gasteiger partial charge in [0.25, 0.3) is 0 Å². The van der Waals surface area contributed by atoms with Crippen LogP contribution in [0.2, 0.25) is 0 Å². The van der Waals surface area contributed by atoms with Crippen molar-refractivity contribution < 1.29 is 18.4 Å². The van der Waals surface area contributed by atoms with E-state index >= 15 is 0 Å². The number of nitrogens with zero attached hydrogens (tertiary/aromatic N) is 6. The first kappa shape index (κ1) is 26.2. The van der Waals surface area contributed by atoms with Gasteiger partial charge in [0.15, 0.2) is 5.82 Å². The van der Waals surface area contributed by atoms with Gasteiger partial charge in [0.2, 0.25) is 17.8 Å². The average Bonchev–Trinajstić information content (AvgIpc) is 3.49. The van der Waals surface area contributed by atoms with E-state index in [1.165, 1.54) is 9.58 Å². The highest BCUT2D eigenvalue weighted by molar-refractivity contribution is 5.88. The summed E-state index contributed by atoms with van der Waals surface area (Å²) in [6.07, 6.45) is 0.125. The fourth-order valence-corrected chi connectivity index (χ4v) is 4.37. The smallest absolute Gasteiger partial charge is 0.245 e. The van der Waals surface area contributed by atoms with E-state index in [9.17, 15) is 18.4 Å². The Morgan fingerprint density at radius 3 is 2.51 bits per heavy atom. The Bertz CT molecular complexity index is 1250. The summed E-state index contributed by atoms with van der Waals surface area (Å²) in [6.45, 7) is 3.37. The molecule has 1 aliphatic rings. The number of aromatic nitrogens is 4. The molecule has 0 aliphatic carbocycles. The van der Waals surface area contributed by atoms with Gasteiger partial charge >= 0.3 is 0 Å². The largest absolute Gasteiger partial charge is 0.360 e. The summed E-state index contributed by atoms with van der Waals surface area (Å²) in [5.74, 6) is -1.07. The van der Waals surface area contributed by atoms with Gasteiger partial charge in [-0.1, -0.05) is 55.5 Å². The van der Waals surface area contributed by atoms with Crippen molar-refractivity contribution in [1.29, 1.82) is 0 Å². The topological polar surface area (TPSA) is 96.2 Å². The van der Waals surface area contributed by atoms with Gasteiger partial charge in [-0.25, -0.2) is 14.1 Å². The van der Waals surface area contributed by atoms with Crippen molar-refractivity contribution in [2.75, 3.05) is 25.5 Å². The minimum Gasteiger partial charge on any atom is -0.360 e. The summed E-state index contributed by atoms with van der Waals surface area (Å²) in [5, 5.41) is 10.8. The van der Waals surface area contributed by atoms with Crippen molar-refractivity contribution in [1.82, 2.24) is 30.2 Å². The lowest BCUT2D eigenvalue weighted by Crippen LogP contribution is -2.48. The van der Waals surface area contributed by atoms with Gasteiger partial charge < -0.3 is 15.1 Å². The number of benzene rings is 1. The van der Waals surface area contributed by atoms with E-state index in [4.69, 9.17) is 0 Å². The minimum absolute atomic E-state index is 0.0512. The maximum absolute atomic E-state index is 14.8. The average molecular weight is 512 g/mol. The summed E-state index contributed by atoms with van der Waals surface area (Å²) in [6, 6.07) is 10.6. The molecule has 1 aromatic carbocycles. The Hall–Kier alpha value is -3.89. The van der Waals surface area contributed by atoms with Crippen LogP contribution in [-0.4, -0.2) is 69.5 Å². The van der Waals surface area contributed by atoms with Gasteiger partial charge in [0, 0.05) is 26.1 Å². The molecule has 11 heteroatoms. The lowest BCUT2D eigenvalue weighted by molar-refractivity contribution is -0.139. The molecule has 1 fully saturated rings. The molecule has 9 nitrogen and oxygen atoms in total. The zero-order chi connectivity index (χ0) is 26.7. The van der Waals surface area contributed by atoms with Crippen LogP contribution in [0, 0.1) is 5.95 Å². The summed E-state index contributed by atoms with van der Waals surface area (Å²) < 4.78 is 30.6. The number of likely N-dealkylation sites (tertiary alicyclic amines) is 1.